The molecule has 0 saturated heterocycles. The topological polar surface area (TPSA) is 90.0 Å². The number of allylic oxidation sites excluding steroid dienone is 2. The lowest BCUT2D eigenvalue weighted by atomic mass is 9.86. The molecule has 30 heavy (non-hydrogen) atoms. The Labute approximate surface area is 174 Å². The van der Waals surface area contributed by atoms with Crippen molar-refractivity contribution < 1.29 is 28.1 Å². The highest BCUT2D eigenvalue weighted by Gasteiger charge is 2.60. The van der Waals surface area contributed by atoms with Crippen molar-refractivity contribution >= 4 is 5.57 Å². The normalized spacial score (nSPS) is 23.6. The summed E-state index contributed by atoms with van der Waals surface area (Å²) in [6.07, 6.45) is 4.68. The summed E-state index contributed by atoms with van der Waals surface area (Å²) < 4.78 is 44.7. The van der Waals surface area contributed by atoms with Crippen molar-refractivity contribution in [2.75, 3.05) is 35.5 Å². The summed E-state index contributed by atoms with van der Waals surface area (Å²) in [5, 5.41) is 0. The summed E-state index contributed by atoms with van der Waals surface area (Å²) in [6, 6.07) is 5.31. The first kappa shape index (κ1) is 21.8. The second-order valence-corrected chi connectivity index (χ2v) is 6.71. The number of nitrogens with two attached hydrogens (primary N) is 1. The molecule has 9 heteroatoms. The molecule has 1 heterocycles. The van der Waals surface area contributed by atoms with Crippen LogP contribution < -0.4 is 15.2 Å². The number of alkyl halides is 1. The van der Waals surface area contributed by atoms with E-state index in [1.54, 1.807) is 62.5 Å². The molecule has 2 aromatic rings. The molecule has 0 spiro atoms. The molecule has 8 nitrogen and oxygen atoms in total. The second-order valence-electron chi connectivity index (χ2n) is 6.71. The zero-order valence-corrected chi connectivity index (χ0v) is 17.9. The molecule has 1 aromatic carbocycles. The van der Waals surface area contributed by atoms with Crippen LogP contribution in [0.1, 0.15) is 5.69 Å². The Morgan fingerprint density at radius 2 is 1.57 bits per heavy atom. The third-order valence-electron chi connectivity index (χ3n) is 5.23. The van der Waals surface area contributed by atoms with Gasteiger partial charge in [0.05, 0.1) is 39.0 Å². The predicted molar refractivity (Wildman–Crippen MR) is 110 cm³/mol. The van der Waals surface area contributed by atoms with Crippen LogP contribution in [0.4, 0.5) is 4.39 Å². The highest BCUT2D eigenvalue weighted by atomic mass is 19.2. The van der Waals surface area contributed by atoms with Crippen LogP contribution in [0.15, 0.2) is 42.4 Å². The van der Waals surface area contributed by atoms with E-state index in [2.05, 4.69) is 4.98 Å². The molecule has 0 aliphatic heterocycles. The van der Waals surface area contributed by atoms with Gasteiger partial charge in [-0.3, -0.25) is 5.73 Å². The molecule has 0 fully saturated rings. The third kappa shape index (κ3) is 3.15. The van der Waals surface area contributed by atoms with E-state index < -0.39 is 11.6 Å². The molecular weight excluding hydrogens is 393 g/mol. The van der Waals surface area contributed by atoms with Crippen LogP contribution in [-0.2, 0) is 21.3 Å². The van der Waals surface area contributed by atoms with Crippen LogP contribution in [0.3, 0.4) is 0 Å². The number of rotatable bonds is 7. The fourth-order valence-electron chi connectivity index (χ4n) is 3.60. The lowest BCUT2D eigenvalue weighted by Crippen LogP contribution is -2.63. The summed E-state index contributed by atoms with van der Waals surface area (Å²) in [4.78, 5) is 4.48. The maximum atomic E-state index is 16.4. The van der Waals surface area contributed by atoms with Gasteiger partial charge in [0.15, 0.2) is 0 Å². The number of benzene rings is 1. The Balaban J connectivity index is 2.27. The number of ether oxygens (including phenoxy) is 5. The standard InChI is InChI=1S/C21H26FN3O5/c1-25-12-24-18(13-9-14(26-2)11-15(10-13)27-3)19(25)16-7-8-17(28-4)21(23,30-6)20(16,22)29-5/h7-12H,23H2,1-6H3. The van der Waals surface area contributed by atoms with Crippen molar-refractivity contribution in [3.05, 3.63) is 48.1 Å². The molecule has 0 amide bonds. The van der Waals surface area contributed by atoms with Gasteiger partial charge in [-0.1, -0.05) is 0 Å². The zero-order chi connectivity index (χ0) is 22.1. The van der Waals surface area contributed by atoms with Crippen LogP contribution in [0.25, 0.3) is 16.8 Å². The molecule has 0 saturated carbocycles. The van der Waals surface area contributed by atoms with Crippen LogP contribution in [-0.4, -0.2) is 56.7 Å². The average Bonchev–Trinajstić information content (AvgIpc) is 3.15. The van der Waals surface area contributed by atoms with Gasteiger partial charge >= 0.3 is 0 Å². The van der Waals surface area contributed by atoms with Crippen molar-refractivity contribution in [1.82, 2.24) is 9.55 Å². The Morgan fingerprint density at radius 1 is 0.933 bits per heavy atom. The number of hydrogen-bond donors (Lipinski definition) is 1. The van der Waals surface area contributed by atoms with E-state index in [1.807, 2.05) is 0 Å². The number of hydrogen-bond acceptors (Lipinski definition) is 7. The van der Waals surface area contributed by atoms with Gasteiger partial charge in [0, 0.05) is 38.5 Å². The molecule has 2 atom stereocenters. The van der Waals surface area contributed by atoms with E-state index in [9.17, 15) is 0 Å². The summed E-state index contributed by atoms with van der Waals surface area (Å²) in [7, 11) is 8.76. The van der Waals surface area contributed by atoms with Crippen LogP contribution in [0.5, 0.6) is 11.5 Å². The van der Waals surface area contributed by atoms with Gasteiger partial charge in [0.1, 0.15) is 17.3 Å². The predicted octanol–water partition coefficient (Wildman–Crippen LogP) is 2.65. The lowest BCUT2D eigenvalue weighted by Gasteiger charge is -2.43. The Hall–Kier alpha value is -2.88. The van der Waals surface area contributed by atoms with Crippen molar-refractivity contribution in [1.29, 1.82) is 0 Å². The molecule has 1 aliphatic carbocycles. The fraction of sp³-hybridized carbons (Fsp3) is 0.381. The van der Waals surface area contributed by atoms with Gasteiger partial charge in [0.2, 0.25) is 5.72 Å². The first-order chi connectivity index (χ1) is 14.3. The first-order valence-electron chi connectivity index (χ1n) is 9.09. The molecule has 0 bridgehead atoms. The number of nitrogens with zero attached hydrogens (tertiary/aromatic N) is 2. The molecule has 2 unspecified atom stereocenters. The molecule has 162 valence electrons. The minimum absolute atomic E-state index is 0.0878. The number of halogens is 1. The first-order valence-corrected chi connectivity index (χ1v) is 9.09. The van der Waals surface area contributed by atoms with Gasteiger partial charge < -0.3 is 28.3 Å². The quantitative estimate of drug-likeness (QED) is 0.690. The monoisotopic (exact) mass is 419 g/mol. The number of imidazole rings is 1. The zero-order valence-electron chi connectivity index (χ0n) is 17.9. The van der Waals surface area contributed by atoms with Crippen molar-refractivity contribution in [3.8, 4) is 22.8 Å². The SMILES string of the molecule is COC1=CC=C(c2c(-c3cc(OC)cc(OC)c3)ncn2C)C(F)(OC)C1(N)OC. The number of aryl methyl sites for hydroxylation is 1. The molecule has 0 radical (unpaired) electrons. The third-order valence-corrected chi connectivity index (χ3v) is 5.23. The Bertz CT molecular complexity index is 980. The summed E-state index contributed by atoms with van der Waals surface area (Å²) in [5.41, 5.74) is 6.04. The van der Waals surface area contributed by atoms with Crippen LogP contribution >= 0.6 is 0 Å². The maximum Gasteiger partial charge on any atom is 0.287 e. The molecular formula is C21H26FN3O5. The number of methoxy groups -OCH3 is 5. The van der Waals surface area contributed by atoms with Crippen LogP contribution in [0.2, 0.25) is 0 Å². The van der Waals surface area contributed by atoms with Crippen molar-refractivity contribution in [2.24, 2.45) is 12.8 Å². The Morgan fingerprint density at radius 3 is 2.07 bits per heavy atom. The summed E-state index contributed by atoms with van der Waals surface area (Å²) >= 11 is 0. The van der Waals surface area contributed by atoms with E-state index in [0.29, 0.717) is 28.5 Å². The van der Waals surface area contributed by atoms with Crippen LogP contribution in [0, 0.1) is 0 Å². The molecule has 3 rings (SSSR count). The molecule has 1 aliphatic rings. The van der Waals surface area contributed by atoms with Crippen molar-refractivity contribution in [2.45, 2.75) is 11.6 Å². The van der Waals surface area contributed by atoms with Crippen molar-refractivity contribution in [3.63, 3.8) is 0 Å². The average molecular weight is 419 g/mol. The lowest BCUT2D eigenvalue weighted by molar-refractivity contribution is -0.214. The van der Waals surface area contributed by atoms with Gasteiger partial charge in [-0.25, -0.2) is 9.37 Å². The smallest absolute Gasteiger partial charge is 0.287 e. The van der Waals surface area contributed by atoms with Gasteiger partial charge in [-0.2, -0.15) is 0 Å². The molecule has 2 N–H and O–H groups in total. The summed E-state index contributed by atoms with van der Waals surface area (Å²) in [5.74, 6) is -1.33. The molecule has 1 aromatic heterocycles. The van der Waals surface area contributed by atoms with E-state index in [0.717, 1.165) is 0 Å². The van der Waals surface area contributed by atoms with Gasteiger partial charge in [-0.05, 0) is 24.3 Å². The highest BCUT2D eigenvalue weighted by Crippen LogP contribution is 2.48. The Kier molecular flexibility index (Phi) is 5.89. The second kappa shape index (κ2) is 8.10. The minimum Gasteiger partial charge on any atom is -0.497 e. The van der Waals surface area contributed by atoms with E-state index in [1.165, 1.54) is 21.3 Å². The maximum absolute atomic E-state index is 16.4. The van der Waals surface area contributed by atoms with E-state index >= 15 is 4.39 Å². The van der Waals surface area contributed by atoms with E-state index in [-0.39, 0.29) is 11.3 Å². The minimum atomic E-state index is -2.56. The van der Waals surface area contributed by atoms with Gasteiger partial charge in [0.25, 0.3) is 5.85 Å². The number of aromatic nitrogens is 2. The van der Waals surface area contributed by atoms with Gasteiger partial charge in [-0.15, -0.1) is 0 Å². The van der Waals surface area contributed by atoms with E-state index in [4.69, 9.17) is 29.4 Å². The summed E-state index contributed by atoms with van der Waals surface area (Å²) in [6.45, 7) is 0. The highest BCUT2D eigenvalue weighted by molar-refractivity contribution is 5.84. The largest absolute Gasteiger partial charge is 0.497 e. The fourth-order valence-corrected chi connectivity index (χ4v) is 3.60.